The maximum absolute atomic E-state index is 4.75. The highest BCUT2D eigenvalue weighted by molar-refractivity contribution is 14.0. The average Bonchev–Trinajstić information content (AvgIpc) is 3.12. The first kappa shape index (κ1) is 21.5. The van der Waals surface area contributed by atoms with Gasteiger partial charge >= 0.3 is 0 Å². The molecule has 0 spiro atoms. The summed E-state index contributed by atoms with van der Waals surface area (Å²) in [5, 5.41) is 7.56. The highest BCUT2D eigenvalue weighted by atomic mass is 127. The molecule has 0 saturated heterocycles. The zero-order chi connectivity index (χ0) is 17.5. The number of aromatic nitrogens is 4. The monoisotopic (exact) mass is 459 g/mol. The van der Waals surface area contributed by atoms with Gasteiger partial charge in [0.25, 0.3) is 0 Å². The Morgan fingerprint density at radius 2 is 2.16 bits per heavy atom. The molecule has 0 aromatic carbocycles. The molecule has 0 atom stereocenters. The molecule has 1 N–H and O–H groups in total. The van der Waals surface area contributed by atoms with Crippen LogP contribution < -0.4 is 5.32 Å². The van der Waals surface area contributed by atoms with Crippen LogP contribution in [0.15, 0.2) is 29.8 Å². The van der Waals surface area contributed by atoms with E-state index in [1.165, 1.54) is 0 Å². The van der Waals surface area contributed by atoms with Crippen LogP contribution in [-0.4, -0.2) is 43.8 Å². The average molecular weight is 459 g/mol. The van der Waals surface area contributed by atoms with Crippen molar-refractivity contribution in [3.05, 3.63) is 36.2 Å². The van der Waals surface area contributed by atoms with Gasteiger partial charge in [0.15, 0.2) is 5.96 Å². The molecule has 0 aliphatic heterocycles. The number of guanidine groups is 1. The summed E-state index contributed by atoms with van der Waals surface area (Å²) in [7, 11) is 3.96. The molecule has 140 valence electrons. The molecule has 0 aliphatic rings. The molecule has 2 aromatic heterocycles. The molecule has 2 heterocycles. The lowest BCUT2D eigenvalue weighted by molar-refractivity contribution is 0.473. The van der Waals surface area contributed by atoms with Gasteiger partial charge in [-0.25, -0.2) is 9.98 Å². The predicted octanol–water partition coefficient (Wildman–Crippen LogP) is 2.49. The van der Waals surface area contributed by atoms with E-state index in [4.69, 9.17) is 4.99 Å². The van der Waals surface area contributed by atoms with Crippen LogP contribution in [0.4, 0.5) is 0 Å². The zero-order valence-corrected chi connectivity index (χ0v) is 18.1. The summed E-state index contributed by atoms with van der Waals surface area (Å²) in [4.78, 5) is 11.3. The van der Waals surface area contributed by atoms with Gasteiger partial charge < -0.3 is 14.8 Å². The van der Waals surface area contributed by atoms with Gasteiger partial charge in [-0.05, 0) is 12.8 Å². The fourth-order valence-corrected chi connectivity index (χ4v) is 2.57. The lowest BCUT2D eigenvalue weighted by atomic mass is 10.2. The van der Waals surface area contributed by atoms with Crippen molar-refractivity contribution < 1.29 is 0 Å². The van der Waals surface area contributed by atoms with Crippen LogP contribution in [0.2, 0.25) is 0 Å². The summed E-state index contributed by atoms with van der Waals surface area (Å²) in [5.41, 5.74) is 1.16. The van der Waals surface area contributed by atoms with Crippen LogP contribution in [0.1, 0.15) is 32.2 Å². The van der Waals surface area contributed by atoms with Crippen molar-refractivity contribution in [2.45, 2.75) is 40.4 Å². The van der Waals surface area contributed by atoms with E-state index in [-0.39, 0.29) is 24.0 Å². The zero-order valence-electron chi connectivity index (χ0n) is 15.8. The van der Waals surface area contributed by atoms with Gasteiger partial charge in [0.2, 0.25) is 0 Å². The van der Waals surface area contributed by atoms with Crippen molar-refractivity contribution in [2.75, 3.05) is 13.6 Å². The molecule has 0 saturated carbocycles. The maximum Gasteiger partial charge on any atom is 0.194 e. The van der Waals surface area contributed by atoms with E-state index in [2.05, 4.69) is 45.6 Å². The normalized spacial score (nSPS) is 11.5. The number of halogens is 1. The maximum atomic E-state index is 4.75. The van der Waals surface area contributed by atoms with Crippen molar-refractivity contribution in [1.82, 2.24) is 29.5 Å². The predicted molar refractivity (Wildman–Crippen MR) is 112 cm³/mol. The second-order valence-corrected chi connectivity index (χ2v) is 6.44. The number of aliphatic imine (C=N–C) groups is 1. The minimum atomic E-state index is 0. The Bertz CT molecular complexity index is 660. The second-order valence-electron chi connectivity index (χ2n) is 6.44. The first-order valence-electron chi connectivity index (χ1n) is 8.46. The number of nitrogens with zero attached hydrogens (tertiary/aromatic N) is 6. The highest BCUT2D eigenvalue weighted by Gasteiger charge is 2.09. The van der Waals surface area contributed by atoms with Gasteiger partial charge in [-0.1, -0.05) is 13.8 Å². The standard InChI is InChI=1S/C17H29N7.HI/c1-6-18-17(22(4)12-15-9-21-23(5)13-15)20-10-16-19-7-8-24(16)11-14(2)3;/h7-9,13-14H,6,10-12H2,1-5H3,(H,18,20);1H. The summed E-state index contributed by atoms with van der Waals surface area (Å²) >= 11 is 0. The number of aryl methyl sites for hydroxylation is 1. The van der Waals surface area contributed by atoms with Gasteiger partial charge in [-0.2, -0.15) is 5.10 Å². The van der Waals surface area contributed by atoms with Crippen LogP contribution in [0, 0.1) is 5.92 Å². The fraction of sp³-hybridized carbons (Fsp3) is 0.588. The molecule has 0 fully saturated rings. The van der Waals surface area contributed by atoms with E-state index in [0.717, 1.165) is 37.0 Å². The van der Waals surface area contributed by atoms with Crippen molar-refractivity contribution in [1.29, 1.82) is 0 Å². The van der Waals surface area contributed by atoms with Gasteiger partial charge in [0.05, 0.1) is 6.20 Å². The lowest BCUT2D eigenvalue weighted by Gasteiger charge is -2.21. The first-order valence-corrected chi connectivity index (χ1v) is 8.46. The Balaban J connectivity index is 0.00000312. The van der Waals surface area contributed by atoms with Crippen molar-refractivity contribution in [3.8, 4) is 0 Å². The van der Waals surface area contributed by atoms with E-state index in [9.17, 15) is 0 Å². The fourth-order valence-electron chi connectivity index (χ4n) is 2.57. The molecule has 7 nitrogen and oxygen atoms in total. The van der Waals surface area contributed by atoms with E-state index >= 15 is 0 Å². The molecular formula is C17H30IN7. The summed E-state index contributed by atoms with van der Waals surface area (Å²) in [6.45, 7) is 9.62. The molecule has 25 heavy (non-hydrogen) atoms. The Kier molecular flexibility index (Phi) is 8.95. The van der Waals surface area contributed by atoms with Crippen LogP contribution in [0.3, 0.4) is 0 Å². The summed E-state index contributed by atoms with van der Waals surface area (Å²) in [5.74, 6) is 2.46. The summed E-state index contributed by atoms with van der Waals surface area (Å²) in [6.07, 6.45) is 7.78. The third-order valence-corrected chi connectivity index (χ3v) is 3.61. The molecule has 2 aromatic rings. The van der Waals surface area contributed by atoms with Crippen LogP contribution in [0.5, 0.6) is 0 Å². The SMILES string of the molecule is CCNC(=NCc1nccn1CC(C)C)N(C)Cc1cnn(C)c1.I. The van der Waals surface area contributed by atoms with Gasteiger partial charge in [-0.15, -0.1) is 24.0 Å². The van der Waals surface area contributed by atoms with Gasteiger partial charge in [0, 0.05) is 57.9 Å². The quantitative estimate of drug-likeness (QED) is 0.393. The van der Waals surface area contributed by atoms with Crippen molar-refractivity contribution >= 4 is 29.9 Å². The summed E-state index contributed by atoms with van der Waals surface area (Å²) < 4.78 is 3.99. The van der Waals surface area contributed by atoms with E-state index in [1.54, 1.807) is 0 Å². The largest absolute Gasteiger partial charge is 0.357 e. The molecule has 0 bridgehead atoms. The second kappa shape index (κ2) is 10.4. The van der Waals surface area contributed by atoms with E-state index < -0.39 is 0 Å². The van der Waals surface area contributed by atoms with Crippen molar-refractivity contribution in [2.24, 2.45) is 18.0 Å². The number of hydrogen-bond donors (Lipinski definition) is 1. The van der Waals surface area contributed by atoms with E-state index in [1.807, 2.05) is 43.6 Å². The number of rotatable bonds is 7. The van der Waals surface area contributed by atoms with E-state index in [0.29, 0.717) is 12.5 Å². The molecule has 8 heteroatoms. The van der Waals surface area contributed by atoms with Gasteiger partial charge in [0.1, 0.15) is 12.4 Å². The molecule has 0 amide bonds. The molecule has 0 radical (unpaired) electrons. The van der Waals surface area contributed by atoms with Crippen LogP contribution >= 0.6 is 24.0 Å². The topological polar surface area (TPSA) is 63.3 Å². The first-order chi connectivity index (χ1) is 11.5. The Hall–Kier alpha value is -1.58. The molecular weight excluding hydrogens is 429 g/mol. The van der Waals surface area contributed by atoms with Gasteiger partial charge in [-0.3, -0.25) is 4.68 Å². The van der Waals surface area contributed by atoms with Crippen molar-refractivity contribution in [3.63, 3.8) is 0 Å². The third kappa shape index (κ3) is 6.68. The third-order valence-electron chi connectivity index (χ3n) is 3.61. The van der Waals surface area contributed by atoms with Crippen LogP contribution in [-0.2, 0) is 26.7 Å². The number of hydrogen-bond acceptors (Lipinski definition) is 3. The minimum absolute atomic E-state index is 0. The molecule has 0 aliphatic carbocycles. The molecule has 2 rings (SSSR count). The Morgan fingerprint density at radius 1 is 1.40 bits per heavy atom. The van der Waals surface area contributed by atoms with Crippen LogP contribution in [0.25, 0.3) is 0 Å². The Labute approximate surface area is 167 Å². The highest BCUT2D eigenvalue weighted by Crippen LogP contribution is 2.06. The number of imidazole rings is 1. The minimum Gasteiger partial charge on any atom is -0.357 e. The number of nitrogens with one attached hydrogen (secondary N) is 1. The Morgan fingerprint density at radius 3 is 2.76 bits per heavy atom. The molecule has 0 unspecified atom stereocenters. The smallest absolute Gasteiger partial charge is 0.194 e. The lowest BCUT2D eigenvalue weighted by Crippen LogP contribution is -2.38. The summed E-state index contributed by atoms with van der Waals surface area (Å²) in [6, 6.07) is 0.